The van der Waals surface area contributed by atoms with Crippen LogP contribution in [0.25, 0.3) is 95.4 Å². The molecule has 0 N–H and O–H groups in total. The zero-order valence-electron chi connectivity index (χ0n) is 31.0. The van der Waals surface area contributed by atoms with Gasteiger partial charge < -0.3 is 4.42 Å². The minimum atomic E-state index is 0.282. The Balaban J connectivity index is 1.10. The van der Waals surface area contributed by atoms with Crippen LogP contribution in [0.4, 0.5) is 0 Å². The van der Waals surface area contributed by atoms with Crippen LogP contribution in [0.3, 0.4) is 0 Å². The Kier molecular flexibility index (Phi) is 7.92. The maximum atomic E-state index is 6.86. The Morgan fingerprint density at radius 3 is 1.72 bits per heavy atom. The molecule has 0 aliphatic heterocycles. The molecule has 0 saturated heterocycles. The smallest absolute Gasteiger partial charge is 0.164 e. The third kappa shape index (κ3) is 5.99. The average molecular weight is 730 g/mol. The van der Waals surface area contributed by atoms with Crippen LogP contribution in [0.2, 0.25) is 0 Å². The molecule has 2 aromatic heterocycles. The molecule has 1 atom stereocenters. The molecule has 7 aromatic carbocycles. The maximum Gasteiger partial charge on any atom is 0.164 e. The molecule has 4 nitrogen and oxygen atoms in total. The maximum absolute atomic E-state index is 6.86. The second kappa shape index (κ2) is 13.7. The van der Waals surface area contributed by atoms with Crippen LogP contribution >= 0.6 is 0 Å². The predicted molar refractivity (Wildman–Crippen MR) is 233 cm³/mol. The normalized spacial score (nSPS) is 14.4. The molecule has 0 saturated carbocycles. The third-order valence-electron chi connectivity index (χ3n) is 11.3. The van der Waals surface area contributed by atoms with Crippen LogP contribution in [-0.2, 0) is 6.42 Å². The quantitative estimate of drug-likeness (QED) is 0.171. The molecule has 4 heteroatoms. The molecule has 0 fully saturated rings. The molecule has 0 spiro atoms. The highest BCUT2D eigenvalue weighted by Gasteiger charge is 2.28. The van der Waals surface area contributed by atoms with E-state index in [0.717, 1.165) is 67.3 Å². The van der Waals surface area contributed by atoms with Crippen LogP contribution in [-0.4, -0.2) is 15.0 Å². The van der Waals surface area contributed by atoms with Crippen molar-refractivity contribution in [2.45, 2.75) is 6.42 Å². The predicted octanol–water partition coefficient (Wildman–Crippen LogP) is 13.5. The fourth-order valence-electron chi connectivity index (χ4n) is 8.34. The molecule has 2 aliphatic carbocycles. The first-order valence-corrected chi connectivity index (χ1v) is 19.4. The van der Waals surface area contributed by atoms with Gasteiger partial charge in [-0.3, -0.25) is 0 Å². The zero-order valence-corrected chi connectivity index (χ0v) is 31.0. The fraction of sp³-hybridized carbons (Fsp3) is 0.0377. The summed E-state index contributed by atoms with van der Waals surface area (Å²) in [6.07, 6.45) is 11.8. The largest absolute Gasteiger partial charge is 0.456 e. The van der Waals surface area contributed by atoms with Crippen molar-refractivity contribution in [1.82, 2.24) is 15.0 Å². The van der Waals surface area contributed by atoms with Gasteiger partial charge in [0, 0.05) is 39.1 Å². The van der Waals surface area contributed by atoms with Gasteiger partial charge in [0.25, 0.3) is 0 Å². The third-order valence-corrected chi connectivity index (χ3v) is 11.3. The number of rotatable bonds is 6. The number of nitrogens with zero attached hydrogens (tertiary/aromatic N) is 3. The van der Waals surface area contributed by atoms with E-state index in [4.69, 9.17) is 19.4 Å². The summed E-state index contributed by atoms with van der Waals surface area (Å²) in [6.45, 7) is 0. The Morgan fingerprint density at radius 2 is 1.00 bits per heavy atom. The standard InChI is InChI=1S/C53H35N3O/c1-4-12-34(13-5-1)36-20-22-38(23-21-36)51-54-52(44-27-26-42-30-41(24-25-43(42)31-44)35-14-6-2-7-15-35)56-53(55-51)46-29-28-45(37-16-8-3-9-17-37)50-49(46)47-32-39-18-10-11-19-40(39)33-48(47)57-50/h1-31,33,39H,32H2. The van der Waals surface area contributed by atoms with Crippen LogP contribution in [0.1, 0.15) is 11.3 Å². The van der Waals surface area contributed by atoms with Crippen LogP contribution in [0.5, 0.6) is 0 Å². The average Bonchev–Trinajstić information content (AvgIpc) is 3.66. The molecule has 268 valence electrons. The van der Waals surface area contributed by atoms with Gasteiger partial charge >= 0.3 is 0 Å². The lowest BCUT2D eigenvalue weighted by molar-refractivity contribution is 0.587. The van der Waals surface area contributed by atoms with Crippen LogP contribution in [0, 0.1) is 5.92 Å². The van der Waals surface area contributed by atoms with Crippen LogP contribution < -0.4 is 0 Å². The molecule has 0 bridgehead atoms. The lowest BCUT2D eigenvalue weighted by atomic mass is 9.82. The van der Waals surface area contributed by atoms with Gasteiger partial charge in [-0.05, 0) is 80.9 Å². The monoisotopic (exact) mass is 729 g/mol. The first-order chi connectivity index (χ1) is 28.2. The fourth-order valence-corrected chi connectivity index (χ4v) is 8.34. The number of hydrogen-bond donors (Lipinski definition) is 0. The lowest BCUT2D eigenvalue weighted by Crippen LogP contribution is -2.10. The summed E-state index contributed by atoms with van der Waals surface area (Å²) in [5.74, 6) is 3.04. The van der Waals surface area contributed by atoms with Crippen molar-refractivity contribution in [2.75, 3.05) is 0 Å². The van der Waals surface area contributed by atoms with Gasteiger partial charge in [0.1, 0.15) is 11.3 Å². The van der Waals surface area contributed by atoms with E-state index in [1.165, 1.54) is 27.8 Å². The summed E-state index contributed by atoms with van der Waals surface area (Å²) in [5, 5.41) is 3.34. The Bertz CT molecular complexity index is 3070. The van der Waals surface area contributed by atoms with Crippen LogP contribution in [0.15, 0.2) is 198 Å². The first kappa shape index (κ1) is 33.0. The molecule has 2 aliphatic rings. The van der Waals surface area contributed by atoms with E-state index < -0.39 is 0 Å². The van der Waals surface area contributed by atoms with Crippen molar-refractivity contribution in [3.63, 3.8) is 0 Å². The Hall–Kier alpha value is -7.43. The Morgan fingerprint density at radius 1 is 0.456 bits per heavy atom. The van der Waals surface area contributed by atoms with Gasteiger partial charge in [-0.25, -0.2) is 15.0 Å². The molecular formula is C53H35N3O. The zero-order chi connectivity index (χ0) is 37.7. The first-order valence-electron chi connectivity index (χ1n) is 19.4. The highest BCUT2D eigenvalue weighted by atomic mass is 16.3. The van der Waals surface area contributed by atoms with Gasteiger partial charge in [0.15, 0.2) is 17.5 Å². The van der Waals surface area contributed by atoms with Crippen molar-refractivity contribution in [2.24, 2.45) is 5.92 Å². The number of allylic oxidation sites excluding steroid dienone is 5. The minimum absolute atomic E-state index is 0.282. The number of benzene rings is 7. The molecule has 1 unspecified atom stereocenters. The van der Waals surface area contributed by atoms with E-state index in [-0.39, 0.29) is 5.92 Å². The SMILES string of the molecule is C1=CC2=Cc3oc4c(-c5ccccc5)ccc(-c5nc(-c6ccc(-c7ccccc7)cc6)nc(-c6ccc7cc(-c8ccccc8)ccc7c6)n5)c4c3CC2C=C1. The number of furan rings is 1. The van der Waals surface area contributed by atoms with E-state index >= 15 is 0 Å². The minimum Gasteiger partial charge on any atom is -0.456 e. The number of hydrogen-bond acceptors (Lipinski definition) is 4. The van der Waals surface area contributed by atoms with Gasteiger partial charge in [-0.2, -0.15) is 0 Å². The summed E-state index contributed by atoms with van der Waals surface area (Å²) >= 11 is 0. The summed E-state index contributed by atoms with van der Waals surface area (Å²) in [5.41, 5.74) is 12.9. The van der Waals surface area contributed by atoms with Crippen molar-refractivity contribution in [1.29, 1.82) is 0 Å². The van der Waals surface area contributed by atoms with E-state index in [1.807, 2.05) is 18.2 Å². The summed E-state index contributed by atoms with van der Waals surface area (Å²) < 4.78 is 6.86. The summed E-state index contributed by atoms with van der Waals surface area (Å²) in [6, 6.07) is 57.3. The van der Waals surface area contributed by atoms with E-state index in [1.54, 1.807) is 0 Å². The summed E-state index contributed by atoms with van der Waals surface area (Å²) in [4.78, 5) is 15.7. The second-order valence-electron chi connectivity index (χ2n) is 14.8. The molecule has 9 aromatic rings. The van der Waals surface area contributed by atoms with E-state index in [0.29, 0.717) is 17.5 Å². The van der Waals surface area contributed by atoms with Gasteiger partial charge in [0.05, 0.1) is 0 Å². The van der Waals surface area contributed by atoms with E-state index in [9.17, 15) is 0 Å². The molecule has 0 radical (unpaired) electrons. The van der Waals surface area contributed by atoms with Crippen molar-refractivity contribution in [3.8, 4) is 67.5 Å². The van der Waals surface area contributed by atoms with Crippen molar-refractivity contribution >= 4 is 27.8 Å². The second-order valence-corrected chi connectivity index (χ2v) is 14.8. The molecule has 57 heavy (non-hydrogen) atoms. The lowest BCUT2D eigenvalue weighted by Gasteiger charge is -2.21. The highest BCUT2D eigenvalue weighted by Crippen LogP contribution is 2.45. The Labute approximate surface area is 330 Å². The topological polar surface area (TPSA) is 51.8 Å². The molecule has 2 heterocycles. The van der Waals surface area contributed by atoms with Crippen molar-refractivity contribution in [3.05, 3.63) is 205 Å². The number of aromatic nitrogens is 3. The van der Waals surface area contributed by atoms with E-state index in [2.05, 4.69) is 176 Å². The molecular weight excluding hydrogens is 695 g/mol. The van der Waals surface area contributed by atoms with Crippen molar-refractivity contribution < 1.29 is 4.42 Å². The number of fused-ring (bicyclic) bond motifs is 5. The van der Waals surface area contributed by atoms with Gasteiger partial charge in [0.2, 0.25) is 0 Å². The van der Waals surface area contributed by atoms with Gasteiger partial charge in [-0.15, -0.1) is 0 Å². The highest BCUT2D eigenvalue weighted by molar-refractivity contribution is 6.05. The summed E-state index contributed by atoms with van der Waals surface area (Å²) in [7, 11) is 0. The van der Waals surface area contributed by atoms with Gasteiger partial charge in [-0.1, -0.05) is 164 Å². The molecule has 0 amide bonds. The molecule has 11 rings (SSSR count).